The molecule has 2 aliphatic rings. The molecule has 0 aliphatic carbocycles. The van der Waals surface area contributed by atoms with Crippen LogP contribution < -0.4 is 34.7 Å². The molecule has 2 rings (SSSR count). The first-order valence-electron chi connectivity index (χ1n) is 5.05. The monoisotopic (exact) mass is 301 g/mol. The maximum atomic E-state index is 12.2. The number of amides is 1. The topological polar surface area (TPSA) is 94.6 Å². The van der Waals surface area contributed by atoms with Gasteiger partial charge in [0, 0.05) is 5.75 Å². The minimum atomic E-state index is -3.72. The molecule has 18 heavy (non-hydrogen) atoms. The Hall–Kier alpha value is 0.240. The van der Waals surface area contributed by atoms with Crippen LogP contribution in [0.5, 0.6) is 0 Å². The average molecular weight is 301 g/mol. The Morgan fingerprint density at radius 1 is 1.50 bits per heavy atom. The molecule has 96 valence electrons. The standard InChI is InChI=1S/C9H13NO5S2.Na/c1-9(2)5(8(12)13)10-6(11)4(3-16)7(10)17(9,14)15;/h4-5,7,16H,3H2,1-2H3,(H,12,13);/q;+1/p-1/t4-,5+,7?;/m1./s1. The Morgan fingerprint density at radius 2 is 2.00 bits per heavy atom. The zero-order chi connectivity index (χ0) is 13.2. The van der Waals surface area contributed by atoms with Crippen LogP contribution in [0.4, 0.5) is 0 Å². The second-order valence-electron chi connectivity index (χ2n) is 4.80. The predicted molar refractivity (Wildman–Crippen MR) is 59.8 cm³/mol. The first-order chi connectivity index (χ1) is 7.67. The molecule has 2 saturated heterocycles. The van der Waals surface area contributed by atoms with Crippen LogP contribution in [0.25, 0.3) is 0 Å². The van der Waals surface area contributed by atoms with Crippen LogP contribution in [0.2, 0.25) is 0 Å². The molecule has 0 saturated carbocycles. The van der Waals surface area contributed by atoms with Crippen LogP contribution >= 0.6 is 12.6 Å². The maximum absolute atomic E-state index is 12.2. The van der Waals surface area contributed by atoms with E-state index >= 15 is 0 Å². The summed E-state index contributed by atoms with van der Waals surface area (Å²) < 4.78 is 22.8. The average Bonchev–Trinajstić information content (AvgIpc) is 2.32. The summed E-state index contributed by atoms with van der Waals surface area (Å²) in [5, 5.41) is 9.98. The van der Waals surface area contributed by atoms with E-state index in [-0.39, 0.29) is 35.3 Å². The van der Waals surface area contributed by atoms with Gasteiger partial charge in [-0.05, 0) is 13.8 Å². The van der Waals surface area contributed by atoms with E-state index in [9.17, 15) is 23.1 Å². The van der Waals surface area contributed by atoms with Crippen molar-refractivity contribution < 1.29 is 52.7 Å². The third kappa shape index (κ3) is 1.69. The summed E-state index contributed by atoms with van der Waals surface area (Å²) >= 11 is 3.93. The van der Waals surface area contributed by atoms with Crippen molar-refractivity contribution >= 4 is 34.3 Å². The number of carbonyl (C=O) groups excluding carboxylic acids is 2. The Kier molecular flexibility index (Phi) is 4.22. The number of carboxylic acids is 1. The number of fused-ring (bicyclic) bond motifs is 1. The van der Waals surface area contributed by atoms with Gasteiger partial charge in [-0.25, -0.2) is 8.42 Å². The maximum Gasteiger partial charge on any atom is 1.00 e. The zero-order valence-electron chi connectivity index (χ0n) is 10.3. The van der Waals surface area contributed by atoms with Gasteiger partial charge < -0.3 is 14.8 Å². The Bertz CT molecular complexity index is 503. The third-order valence-electron chi connectivity index (χ3n) is 3.60. The van der Waals surface area contributed by atoms with E-state index < -0.39 is 43.8 Å². The Balaban J connectivity index is 0.00000162. The van der Waals surface area contributed by atoms with Gasteiger partial charge in [-0.3, -0.25) is 4.79 Å². The van der Waals surface area contributed by atoms with Crippen molar-refractivity contribution in [2.75, 3.05) is 5.75 Å². The molecule has 2 heterocycles. The smallest absolute Gasteiger partial charge is 0.548 e. The number of thiol groups is 1. The minimum absolute atomic E-state index is 0. The van der Waals surface area contributed by atoms with E-state index in [2.05, 4.69) is 12.6 Å². The normalized spacial score (nSPS) is 35.4. The molecule has 0 aromatic carbocycles. The van der Waals surface area contributed by atoms with Crippen molar-refractivity contribution in [1.82, 2.24) is 4.90 Å². The van der Waals surface area contributed by atoms with Crippen molar-refractivity contribution in [1.29, 1.82) is 0 Å². The number of hydrogen-bond acceptors (Lipinski definition) is 6. The molecule has 1 unspecified atom stereocenters. The molecule has 2 aliphatic heterocycles. The summed E-state index contributed by atoms with van der Waals surface area (Å²) in [7, 11) is -3.72. The Labute approximate surface area is 133 Å². The first kappa shape index (κ1) is 16.3. The summed E-state index contributed by atoms with van der Waals surface area (Å²) in [4.78, 5) is 23.6. The van der Waals surface area contributed by atoms with Crippen LogP contribution in [-0.2, 0) is 19.4 Å². The summed E-state index contributed by atoms with van der Waals surface area (Å²) in [5.74, 6) is -2.66. The largest absolute Gasteiger partial charge is 1.00 e. The van der Waals surface area contributed by atoms with Crippen LogP contribution in [0.3, 0.4) is 0 Å². The van der Waals surface area contributed by atoms with Gasteiger partial charge in [0.25, 0.3) is 0 Å². The van der Waals surface area contributed by atoms with E-state index in [1.54, 1.807) is 0 Å². The number of nitrogens with zero attached hydrogens (tertiary/aromatic N) is 1. The van der Waals surface area contributed by atoms with E-state index in [1.165, 1.54) is 13.8 Å². The van der Waals surface area contributed by atoms with E-state index in [1.807, 2.05) is 0 Å². The zero-order valence-corrected chi connectivity index (χ0v) is 14.0. The number of sulfone groups is 1. The molecule has 0 N–H and O–H groups in total. The van der Waals surface area contributed by atoms with Crippen molar-refractivity contribution in [2.45, 2.75) is 30.0 Å². The van der Waals surface area contributed by atoms with Gasteiger partial charge in [-0.2, -0.15) is 12.6 Å². The summed E-state index contributed by atoms with van der Waals surface area (Å²) in [6, 6.07) is -1.42. The van der Waals surface area contributed by atoms with Crippen LogP contribution in [-0.4, -0.2) is 47.1 Å². The van der Waals surface area contributed by atoms with Gasteiger partial charge in [-0.15, -0.1) is 0 Å². The molecular formula is C9H12NNaO5S2. The van der Waals surface area contributed by atoms with Crippen LogP contribution in [0.1, 0.15) is 13.8 Å². The third-order valence-corrected chi connectivity index (χ3v) is 6.87. The summed E-state index contributed by atoms with van der Waals surface area (Å²) in [5.41, 5.74) is 0. The van der Waals surface area contributed by atoms with Gasteiger partial charge >= 0.3 is 29.6 Å². The molecule has 0 radical (unpaired) electrons. The van der Waals surface area contributed by atoms with Crippen molar-refractivity contribution in [3.05, 3.63) is 0 Å². The van der Waals surface area contributed by atoms with Gasteiger partial charge in [0.1, 0.15) is 5.37 Å². The number of β-lactam (4-membered cyclic amide) rings is 1. The molecule has 0 spiro atoms. The van der Waals surface area contributed by atoms with Crippen molar-refractivity contribution in [3.8, 4) is 0 Å². The molecule has 2 fully saturated rings. The minimum Gasteiger partial charge on any atom is -0.548 e. The molecule has 9 heteroatoms. The molecule has 0 bridgehead atoms. The van der Waals surface area contributed by atoms with Gasteiger partial charge in [0.05, 0.1) is 22.7 Å². The number of carbonyl (C=O) groups is 2. The molecule has 0 aromatic heterocycles. The quantitative estimate of drug-likeness (QED) is 0.313. The molecule has 6 nitrogen and oxygen atoms in total. The van der Waals surface area contributed by atoms with Gasteiger partial charge in [-0.1, -0.05) is 0 Å². The van der Waals surface area contributed by atoms with E-state index in [0.29, 0.717) is 0 Å². The second kappa shape index (κ2) is 4.66. The second-order valence-corrected chi connectivity index (χ2v) is 7.79. The molecule has 0 aromatic rings. The van der Waals surface area contributed by atoms with E-state index in [0.717, 1.165) is 4.90 Å². The summed E-state index contributed by atoms with van der Waals surface area (Å²) in [6.07, 6.45) is 0. The SMILES string of the molecule is CC1(C)[C@H](C(=O)[O-])N2C(=O)[C@@H](CS)C2S1(=O)=O.[Na+]. The summed E-state index contributed by atoms with van der Waals surface area (Å²) in [6.45, 7) is 2.62. The fraction of sp³-hybridized carbons (Fsp3) is 0.778. The number of hydrogen-bond donors (Lipinski definition) is 1. The predicted octanol–water partition coefficient (Wildman–Crippen LogP) is -4.97. The van der Waals surface area contributed by atoms with Crippen molar-refractivity contribution in [3.63, 3.8) is 0 Å². The molecule has 3 atom stereocenters. The fourth-order valence-electron chi connectivity index (χ4n) is 2.56. The molecular weight excluding hydrogens is 289 g/mol. The van der Waals surface area contributed by atoms with Gasteiger partial charge in [0.15, 0.2) is 9.84 Å². The number of aliphatic carboxylic acids is 1. The van der Waals surface area contributed by atoms with Crippen LogP contribution in [0, 0.1) is 5.92 Å². The number of carboxylic acid groups (broad SMARTS) is 1. The first-order valence-corrected chi connectivity index (χ1v) is 7.23. The fourth-order valence-corrected chi connectivity index (χ4v) is 5.37. The van der Waals surface area contributed by atoms with Crippen LogP contribution in [0.15, 0.2) is 0 Å². The van der Waals surface area contributed by atoms with Crippen molar-refractivity contribution in [2.24, 2.45) is 5.92 Å². The number of rotatable bonds is 2. The Morgan fingerprint density at radius 3 is 2.39 bits per heavy atom. The molecule has 1 amide bonds. The van der Waals surface area contributed by atoms with E-state index in [4.69, 9.17) is 0 Å². The van der Waals surface area contributed by atoms with Gasteiger partial charge in [0.2, 0.25) is 5.91 Å².